The number of nitrogens with one attached hydrogen (secondary N) is 1. The van der Waals surface area contributed by atoms with Crippen LogP contribution in [0.1, 0.15) is 37.1 Å². The SMILES string of the molecule is Cc1ccc2nc(-c3ccc(C#N)cc3)c(CNC(=O)CC(C)C)n2c1. The maximum Gasteiger partial charge on any atom is 0.220 e. The molecule has 0 fully saturated rings. The van der Waals surface area contributed by atoms with E-state index in [2.05, 4.69) is 11.4 Å². The number of aryl methyl sites for hydroxylation is 1. The molecule has 0 saturated carbocycles. The normalized spacial score (nSPS) is 10.9. The van der Waals surface area contributed by atoms with Crippen LogP contribution in [0.5, 0.6) is 0 Å². The Labute approximate surface area is 153 Å². The van der Waals surface area contributed by atoms with Crippen molar-refractivity contribution in [2.45, 2.75) is 33.7 Å². The first-order chi connectivity index (χ1) is 12.5. The minimum Gasteiger partial charge on any atom is -0.350 e. The molecule has 0 saturated heterocycles. The van der Waals surface area contributed by atoms with Crippen LogP contribution in [-0.2, 0) is 11.3 Å². The predicted octanol–water partition coefficient (Wildman–Crippen LogP) is 3.84. The number of benzene rings is 1. The molecule has 0 aliphatic carbocycles. The molecule has 2 heterocycles. The summed E-state index contributed by atoms with van der Waals surface area (Å²) in [6.45, 7) is 6.49. The van der Waals surface area contributed by atoms with Gasteiger partial charge in [0, 0.05) is 18.2 Å². The largest absolute Gasteiger partial charge is 0.350 e. The molecule has 1 aromatic carbocycles. The highest BCUT2D eigenvalue weighted by atomic mass is 16.1. The zero-order chi connectivity index (χ0) is 18.7. The van der Waals surface area contributed by atoms with E-state index in [4.69, 9.17) is 10.2 Å². The number of hydrogen-bond acceptors (Lipinski definition) is 3. The second kappa shape index (κ2) is 7.40. The summed E-state index contributed by atoms with van der Waals surface area (Å²) in [4.78, 5) is 16.9. The van der Waals surface area contributed by atoms with Gasteiger partial charge in [0.1, 0.15) is 5.65 Å². The number of carbonyl (C=O) groups is 1. The average molecular weight is 346 g/mol. The van der Waals surface area contributed by atoms with Gasteiger partial charge in [-0.15, -0.1) is 0 Å². The van der Waals surface area contributed by atoms with Crippen LogP contribution < -0.4 is 5.32 Å². The molecule has 0 aliphatic rings. The van der Waals surface area contributed by atoms with Gasteiger partial charge in [0.15, 0.2) is 0 Å². The molecule has 1 amide bonds. The molecule has 2 aromatic heterocycles. The molecule has 1 N–H and O–H groups in total. The quantitative estimate of drug-likeness (QED) is 0.763. The van der Waals surface area contributed by atoms with Crippen LogP contribution in [0.4, 0.5) is 0 Å². The van der Waals surface area contributed by atoms with Gasteiger partial charge in [-0.2, -0.15) is 5.26 Å². The van der Waals surface area contributed by atoms with Crippen LogP contribution in [0.3, 0.4) is 0 Å². The number of carbonyl (C=O) groups excluding carboxylic acids is 1. The second-order valence-electron chi connectivity index (χ2n) is 6.91. The molecule has 26 heavy (non-hydrogen) atoms. The van der Waals surface area contributed by atoms with Crippen LogP contribution in [0.2, 0.25) is 0 Å². The summed E-state index contributed by atoms with van der Waals surface area (Å²) in [7, 11) is 0. The number of imidazole rings is 1. The molecule has 0 bridgehead atoms. The number of aromatic nitrogens is 2. The molecular formula is C21H22N4O. The zero-order valence-corrected chi connectivity index (χ0v) is 15.3. The van der Waals surface area contributed by atoms with Crippen molar-refractivity contribution in [2.24, 2.45) is 5.92 Å². The Hall–Kier alpha value is -3.13. The number of nitriles is 1. The fourth-order valence-corrected chi connectivity index (χ4v) is 2.93. The van der Waals surface area contributed by atoms with E-state index in [9.17, 15) is 4.79 Å². The Kier molecular flexibility index (Phi) is 5.04. The molecule has 5 heteroatoms. The van der Waals surface area contributed by atoms with Crippen molar-refractivity contribution in [3.63, 3.8) is 0 Å². The fourth-order valence-electron chi connectivity index (χ4n) is 2.93. The Bertz CT molecular complexity index is 978. The van der Waals surface area contributed by atoms with E-state index in [1.54, 1.807) is 12.1 Å². The van der Waals surface area contributed by atoms with Crippen LogP contribution in [0.15, 0.2) is 42.6 Å². The maximum atomic E-state index is 12.1. The molecule has 3 aromatic rings. The fraction of sp³-hybridized carbons (Fsp3) is 0.286. The van der Waals surface area contributed by atoms with Gasteiger partial charge in [-0.1, -0.05) is 32.0 Å². The monoisotopic (exact) mass is 346 g/mol. The molecule has 0 spiro atoms. The van der Waals surface area contributed by atoms with Gasteiger partial charge in [0.25, 0.3) is 0 Å². The number of amides is 1. The van der Waals surface area contributed by atoms with Gasteiger partial charge in [-0.05, 0) is 36.6 Å². The lowest BCUT2D eigenvalue weighted by molar-refractivity contribution is -0.121. The van der Waals surface area contributed by atoms with Crippen LogP contribution in [-0.4, -0.2) is 15.3 Å². The average Bonchev–Trinajstić information content (AvgIpc) is 2.97. The lowest BCUT2D eigenvalue weighted by atomic mass is 10.1. The molecule has 3 rings (SSSR count). The molecule has 132 valence electrons. The summed E-state index contributed by atoms with van der Waals surface area (Å²) in [5.74, 6) is 0.353. The molecule has 0 atom stereocenters. The highest BCUT2D eigenvalue weighted by Gasteiger charge is 2.15. The number of fused-ring (bicyclic) bond motifs is 1. The summed E-state index contributed by atoms with van der Waals surface area (Å²) >= 11 is 0. The number of nitrogens with zero attached hydrogens (tertiary/aromatic N) is 3. The van der Waals surface area contributed by atoms with Crippen LogP contribution >= 0.6 is 0 Å². The van der Waals surface area contributed by atoms with Crippen molar-refractivity contribution in [3.8, 4) is 17.3 Å². The number of hydrogen-bond donors (Lipinski definition) is 1. The lowest BCUT2D eigenvalue weighted by Crippen LogP contribution is -2.24. The van der Waals surface area contributed by atoms with Crippen LogP contribution in [0.25, 0.3) is 16.9 Å². The molecule has 5 nitrogen and oxygen atoms in total. The Morgan fingerprint density at radius 1 is 1.23 bits per heavy atom. The van der Waals surface area contributed by atoms with Gasteiger partial charge in [-0.3, -0.25) is 4.79 Å². The molecule has 0 aliphatic heterocycles. The van der Waals surface area contributed by atoms with E-state index in [1.165, 1.54) is 0 Å². The smallest absolute Gasteiger partial charge is 0.220 e. The molecular weight excluding hydrogens is 324 g/mol. The highest BCUT2D eigenvalue weighted by Crippen LogP contribution is 2.25. The van der Waals surface area contributed by atoms with Gasteiger partial charge in [0.05, 0.1) is 29.6 Å². The van der Waals surface area contributed by atoms with Crippen molar-refractivity contribution < 1.29 is 4.79 Å². The topological polar surface area (TPSA) is 70.2 Å². The van der Waals surface area contributed by atoms with Crippen molar-refractivity contribution in [3.05, 3.63) is 59.4 Å². The number of pyridine rings is 1. The first-order valence-electron chi connectivity index (χ1n) is 8.72. The van der Waals surface area contributed by atoms with Gasteiger partial charge < -0.3 is 9.72 Å². The van der Waals surface area contributed by atoms with Gasteiger partial charge >= 0.3 is 0 Å². The summed E-state index contributed by atoms with van der Waals surface area (Å²) in [6, 6.07) is 13.5. The number of rotatable bonds is 5. The Morgan fingerprint density at radius 3 is 2.62 bits per heavy atom. The first kappa shape index (κ1) is 17.7. The second-order valence-corrected chi connectivity index (χ2v) is 6.91. The third-order valence-electron chi connectivity index (χ3n) is 4.20. The predicted molar refractivity (Wildman–Crippen MR) is 101 cm³/mol. The lowest BCUT2D eigenvalue weighted by Gasteiger charge is -2.09. The van der Waals surface area contributed by atoms with Crippen molar-refractivity contribution >= 4 is 11.6 Å². The standard InChI is InChI=1S/C21H22N4O/c1-14(2)10-20(26)23-12-18-21(17-7-5-16(11-22)6-8-17)24-19-9-4-15(3)13-25(18)19/h4-9,13-14H,10,12H2,1-3H3,(H,23,26). The molecule has 0 radical (unpaired) electrons. The zero-order valence-electron chi connectivity index (χ0n) is 15.3. The Morgan fingerprint density at radius 2 is 1.96 bits per heavy atom. The van der Waals surface area contributed by atoms with E-state index in [0.717, 1.165) is 28.2 Å². The van der Waals surface area contributed by atoms with Crippen LogP contribution in [0, 0.1) is 24.2 Å². The summed E-state index contributed by atoms with van der Waals surface area (Å²) in [6.07, 6.45) is 2.53. The van der Waals surface area contributed by atoms with Crippen molar-refractivity contribution in [2.75, 3.05) is 0 Å². The van der Waals surface area contributed by atoms with E-state index >= 15 is 0 Å². The van der Waals surface area contributed by atoms with E-state index in [-0.39, 0.29) is 5.91 Å². The third-order valence-corrected chi connectivity index (χ3v) is 4.20. The van der Waals surface area contributed by atoms with Gasteiger partial charge in [0.2, 0.25) is 5.91 Å². The van der Waals surface area contributed by atoms with E-state index in [1.807, 2.05) is 55.6 Å². The van der Waals surface area contributed by atoms with Crippen molar-refractivity contribution in [1.29, 1.82) is 5.26 Å². The Balaban J connectivity index is 2.01. The summed E-state index contributed by atoms with van der Waals surface area (Å²) < 4.78 is 2.03. The summed E-state index contributed by atoms with van der Waals surface area (Å²) in [5, 5.41) is 12.0. The summed E-state index contributed by atoms with van der Waals surface area (Å²) in [5.41, 5.74) is 5.26. The van der Waals surface area contributed by atoms with E-state index < -0.39 is 0 Å². The molecule has 0 unspecified atom stereocenters. The minimum absolute atomic E-state index is 0.0355. The van der Waals surface area contributed by atoms with Gasteiger partial charge in [-0.25, -0.2) is 4.98 Å². The highest BCUT2D eigenvalue weighted by molar-refractivity contribution is 5.76. The minimum atomic E-state index is 0.0355. The maximum absolute atomic E-state index is 12.1. The van der Waals surface area contributed by atoms with E-state index in [0.29, 0.717) is 24.4 Å². The van der Waals surface area contributed by atoms with Crippen molar-refractivity contribution in [1.82, 2.24) is 14.7 Å². The third kappa shape index (κ3) is 3.75. The first-order valence-corrected chi connectivity index (χ1v) is 8.72.